The molecule has 104 valence electrons. The molecule has 0 spiro atoms. The van der Waals surface area contributed by atoms with Gasteiger partial charge in [0.2, 0.25) is 0 Å². The number of rotatable bonds is 7. The highest BCUT2D eigenvalue weighted by atomic mass is 16.4. The number of carbonyl (C=O) groups is 1. The summed E-state index contributed by atoms with van der Waals surface area (Å²) in [5.74, 6) is -1.82. The molecule has 1 aliphatic rings. The van der Waals surface area contributed by atoms with Crippen LogP contribution < -0.4 is 0 Å². The molecule has 0 radical (unpaired) electrons. The van der Waals surface area contributed by atoms with Gasteiger partial charge in [-0.15, -0.1) is 0 Å². The number of unbranched alkanes of at least 4 members (excludes halogenated alkanes) is 2. The maximum absolute atomic E-state index is 11.0. The molecule has 0 bridgehead atoms. The number of allylic oxidation sites excluding steroid dienone is 1. The zero-order valence-corrected chi connectivity index (χ0v) is 11.0. The van der Waals surface area contributed by atoms with E-state index in [9.17, 15) is 15.0 Å². The van der Waals surface area contributed by atoms with Gasteiger partial charge in [0.25, 0.3) is 0 Å². The predicted octanol–water partition coefficient (Wildman–Crippen LogP) is 1.96. The SMILES string of the molecule is CCCCCC(O)C=CC1CCC(O)C1C(=O)O. The first-order valence-corrected chi connectivity index (χ1v) is 6.83. The molecule has 4 heteroatoms. The Labute approximate surface area is 108 Å². The molecule has 3 N–H and O–H groups in total. The maximum Gasteiger partial charge on any atom is 0.309 e. The summed E-state index contributed by atoms with van der Waals surface area (Å²) in [5, 5.41) is 28.4. The Morgan fingerprint density at radius 3 is 2.72 bits per heavy atom. The van der Waals surface area contributed by atoms with Gasteiger partial charge in [-0.1, -0.05) is 38.3 Å². The number of hydrogen-bond acceptors (Lipinski definition) is 3. The van der Waals surface area contributed by atoms with Crippen LogP contribution in [-0.4, -0.2) is 33.5 Å². The lowest BCUT2D eigenvalue weighted by molar-refractivity contribution is -0.145. The summed E-state index contributed by atoms with van der Waals surface area (Å²) in [5.41, 5.74) is 0. The number of hydrogen-bond donors (Lipinski definition) is 3. The highest BCUT2D eigenvalue weighted by Crippen LogP contribution is 2.33. The summed E-state index contributed by atoms with van der Waals surface area (Å²) in [6.45, 7) is 2.11. The number of aliphatic hydroxyl groups excluding tert-OH is 2. The monoisotopic (exact) mass is 256 g/mol. The first-order chi connectivity index (χ1) is 8.56. The third-order valence-electron chi connectivity index (χ3n) is 3.64. The summed E-state index contributed by atoms with van der Waals surface area (Å²) in [4.78, 5) is 11.0. The minimum atomic E-state index is -0.949. The first kappa shape index (κ1) is 15.2. The van der Waals surface area contributed by atoms with E-state index >= 15 is 0 Å². The Balaban J connectivity index is 2.43. The predicted molar refractivity (Wildman–Crippen MR) is 69.1 cm³/mol. The second kappa shape index (κ2) is 7.54. The second-order valence-corrected chi connectivity index (χ2v) is 5.12. The molecule has 0 aromatic carbocycles. The highest BCUT2D eigenvalue weighted by Gasteiger charge is 2.38. The molecule has 0 aromatic rings. The van der Waals surface area contributed by atoms with Crippen LogP contribution in [0.25, 0.3) is 0 Å². The fraction of sp³-hybridized carbons (Fsp3) is 0.786. The van der Waals surface area contributed by atoms with Crippen molar-refractivity contribution < 1.29 is 20.1 Å². The van der Waals surface area contributed by atoms with Gasteiger partial charge in [-0.05, 0) is 25.2 Å². The van der Waals surface area contributed by atoms with Gasteiger partial charge in [-0.25, -0.2) is 0 Å². The van der Waals surface area contributed by atoms with Crippen molar-refractivity contribution in [1.29, 1.82) is 0 Å². The number of aliphatic hydroxyl groups is 2. The molecule has 0 aliphatic heterocycles. The van der Waals surface area contributed by atoms with E-state index in [0.717, 1.165) is 25.7 Å². The minimum Gasteiger partial charge on any atom is -0.481 e. The van der Waals surface area contributed by atoms with Crippen LogP contribution in [0, 0.1) is 11.8 Å². The molecule has 1 aliphatic carbocycles. The molecule has 18 heavy (non-hydrogen) atoms. The minimum absolute atomic E-state index is 0.154. The van der Waals surface area contributed by atoms with Crippen molar-refractivity contribution in [3.8, 4) is 0 Å². The van der Waals surface area contributed by atoms with Gasteiger partial charge in [-0.3, -0.25) is 4.79 Å². The molecule has 0 heterocycles. The van der Waals surface area contributed by atoms with Crippen LogP contribution in [0.5, 0.6) is 0 Å². The van der Waals surface area contributed by atoms with E-state index in [-0.39, 0.29) is 5.92 Å². The summed E-state index contributed by atoms with van der Waals surface area (Å²) >= 11 is 0. The van der Waals surface area contributed by atoms with E-state index in [0.29, 0.717) is 12.8 Å². The van der Waals surface area contributed by atoms with Crippen LogP contribution in [-0.2, 0) is 4.79 Å². The molecule has 4 atom stereocenters. The zero-order valence-electron chi connectivity index (χ0n) is 11.0. The molecule has 1 saturated carbocycles. The molecule has 4 nitrogen and oxygen atoms in total. The Morgan fingerprint density at radius 1 is 1.39 bits per heavy atom. The Hall–Kier alpha value is -0.870. The second-order valence-electron chi connectivity index (χ2n) is 5.12. The van der Waals surface area contributed by atoms with Crippen LogP contribution in [0.3, 0.4) is 0 Å². The van der Waals surface area contributed by atoms with Crippen molar-refractivity contribution in [2.45, 2.75) is 57.7 Å². The third-order valence-corrected chi connectivity index (χ3v) is 3.64. The number of carboxylic acid groups (broad SMARTS) is 1. The average Bonchev–Trinajstić information content (AvgIpc) is 2.68. The van der Waals surface area contributed by atoms with Gasteiger partial charge in [0.05, 0.1) is 18.1 Å². The van der Waals surface area contributed by atoms with E-state index < -0.39 is 24.1 Å². The lowest BCUT2D eigenvalue weighted by atomic mass is 9.94. The maximum atomic E-state index is 11.0. The number of carboxylic acids is 1. The van der Waals surface area contributed by atoms with Crippen LogP contribution in [0.1, 0.15) is 45.4 Å². The van der Waals surface area contributed by atoms with Crippen molar-refractivity contribution in [2.75, 3.05) is 0 Å². The summed E-state index contributed by atoms with van der Waals surface area (Å²) in [6.07, 6.45) is 7.33. The number of aliphatic carboxylic acids is 1. The molecule has 4 unspecified atom stereocenters. The van der Waals surface area contributed by atoms with E-state index in [2.05, 4.69) is 6.92 Å². The van der Waals surface area contributed by atoms with Gasteiger partial charge in [-0.2, -0.15) is 0 Å². The third kappa shape index (κ3) is 4.42. The lowest BCUT2D eigenvalue weighted by Crippen LogP contribution is -2.27. The van der Waals surface area contributed by atoms with Crippen LogP contribution in [0.15, 0.2) is 12.2 Å². The molecule has 0 amide bonds. The normalized spacial score (nSPS) is 29.8. The van der Waals surface area contributed by atoms with Crippen molar-refractivity contribution in [3.63, 3.8) is 0 Å². The smallest absolute Gasteiger partial charge is 0.309 e. The molecular formula is C14H24O4. The van der Waals surface area contributed by atoms with Crippen LogP contribution in [0.4, 0.5) is 0 Å². The summed E-state index contributed by atoms with van der Waals surface area (Å²) in [7, 11) is 0. The standard InChI is InChI=1S/C14H24O4/c1-2-3-4-5-11(15)8-6-10-7-9-12(16)13(10)14(17)18/h6,8,10-13,15-16H,2-5,7,9H2,1H3,(H,17,18). The molecular weight excluding hydrogens is 232 g/mol. The van der Waals surface area contributed by atoms with E-state index in [1.165, 1.54) is 0 Å². The van der Waals surface area contributed by atoms with E-state index in [1.807, 2.05) is 0 Å². The highest BCUT2D eigenvalue weighted by molar-refractivity contribution is 5.72. The van der Waals surface area contributed by atoms with Gasteiger partial charge in [0, 0.05) is 0 Å². The first-order valence-electron chi connectivity index (χ1n) is 6.83. The van der Waals surface area contributed by atoms with Crippen molar-refractivity contribution in [1.82, 2.24) is 0 Å². The zero-order chi connectivity index (χ0) is 13.5. The average molecular weight is 256 g/mol. The fourth-order valence-electron chi connectivity index (χ4n) is 2.54. The fourth-order valence-corrected chi connectivity index (χ4v) is 2.54. The van der Waals surface area contributed by atoms with E-state index in [1.54, 1.807) is 12.2 Å². The molecule has 0 saturated heterocycles. The quantitative estimate of drug-likeness (QED) is 0.480. The van der Waals surface area contributed by atoms with Crippen molar-refractivity contribution in [3.05, 3.63) is 12.2 Å². The van der Waals surface area contributed by atoms with Gasteiger partial charge < -0.3 is 15.3 Å². The lowest BCUT2D eigenvalue weighted by Gasteiger charge is -2.14. The summed E-state index contributed by atoms with van der Waals surface area (Å²) in [6, 6.07) is 0. The van der Waals surface area contributed by atoms with Gasteiger partial charge >= 0.3 is 5.97 Å². The Bertz CT molecular complexity index is 288. The van der Waals surface area contributed by atoms with E-state index in [4.69, 9.17) is 5.11 Å². The van der Waals surface area contributed by atoms with Crippen LogP contribution in [0.2, 0.25) is 0 Å². The van der Waals surface area contributed by atoms with Crippen molar-refractivity contribution >= 4 is 5.97 Å². The molecule has 1 fully saturated rings. The topological polar surface area (TPSA) is 77.8 Å². The molecule has 0 aromatic heterocycles. The Morgan fingerprint density at radius 2 is 2.11 bits per heavy atom. The molecule has 1 rings (SSSR count). The van der Waals surface area contributed by atoms with Gasteiger partial charge in [0.15, 0.2) is 0 Å². The van der Waals surface area contributed by atoms with Crippen molar-refractivity contribution in [2.24, 2.45) is 11.8 Å². The largest absolute Gasteiger partial charge is 0.481 e. The Kier molecular flexibility index (Phi) is 6.36. The summed E-state index contributed by atoms with van der Waals surface area (Å²) < 4.78 is 0. The van der Waals surface area contributed by atoms with Crippen LogP contribution >= 0.6 is 0 Å². The van der Waals surface area contributed by atoms with Gasteiger partial charge in [0.1, 0.15) is 0 Å².